The number of carbonyl (C=O) groups is 1. The average Bonchev–Trinajstić information content (AvgIpc) is 2.93. The highest BCUT2D eigenvalue weighted by Crippen LogP contribution is 2.32. The van der Waals surface area contributed by atoms with E-state index in [1.54, 1.807) is 24.3 Å². The Morgan fingerprint density at radius 3 is 2.81 bits per heavy atom. The summed E-state index contributed by atoms with van der Waals surface area (Å²) in [5.41, 5.74) is 1.34. The molecule has 0 aliphatic carbocycles. The van der Waals surface area contributed by atoms with Gasteiger partial charge in [-0.25, -0.2) is 4.79 Å². The first-order valence-corrected chi connectivity index (χ1v) is 9.43. The van der Waals surface area contributed by atoms with Crippen LogP contribution in [0.1, 0.15) is 22.0 Å². The van der Waals surface area contributed by atoms with Crippen LogP contribution in [0.5, 0.6) is 5.75 Å². The first kappa shape index (κ1) is 20.0. The lowest BCUT2D eigenvalue weighted by molar-refractivity contribution is 0.0151. The first-order valence-electron chi connectivity index (χ1n) is 8.67. The van der Waals surface area contributed by atoms with Gasteiger partial charge in [0, 0.05) is 19.0 Å². The van der Waals surface area contributed by atoms with Crippen molar-refractivity contribution >= 4 is 29.2 Å². The fourth-order valence-corrected chi connectivity index (χ4v) is 3.37. The summed E-state index contributed by atoms with van der Waals surface area (Å²) in [5.74, 6) is 0.0822. The molecule has 0 bridgehead atoms. The summed E-state index contributed by atoms with van der Waals surface area (Å²) in [6.45, 7) is 2.42. The zero-order chi connectivity index (χ0) is 19.2. The van der Waals surface area contributed by atoms with Crippen molar-refractivity contribution in [2.24, 2.45) is 5.92 Å². The van der Waals surface area contributed by atoms with Gasteiger partial charge in [0.1, 0.15) is 11.3 Å². The molecule has 1 saturated heterocycles. The van der Waals surface area contributed by atoms with Gasteiger partial charge in [0.2, 0.25) is 0 Å². The molecule has 2 aromatic carbocycles. The monoisotopic (exact) mass is 409 g/mol. The molecule has 3 rings (SSSR count). The third-order valence-corrected chi connectivity index (χ3v) is 5.17. The molecule has 1 aliphatic heterocycles. The van der Waals surface area contributed by atoms with Gasteiger partial charge < -0.3 is 19.5 Å². The molecule has 7 heteroatoms. The van der Waals surface area contributed by atoms with Gasteiger partial charge in [0.15, 0.2) is 0 Å². The Labute approximate surface area is 168 Å². The van der Waals surface area contributed by atoms with Crippen LogP contribution >= 0.6 is 23.2 Å². The molecule has 1 fully saturated rings. The summed E-state index contributed by atoms with van der Waals surface area (Å²) in [6, 6.07) is 12.5. The van der Waals surface area contributed by atoms with Crippen molar-refractivity contribution in [2.75, 3.05) is 33.4 Å². The Bertz CT molecular complexity index is 799. The first-order chi connectivity index (χ1) is 13.1. The van der Waals surface area contributed by atoms with Crippen LogP contribution < -0.4 is 10.1 Å². The molecule has 2 aromatic rings. The van der Waals surface area contributed by atoms with Crippen molar-refractivity contribution in [3.8, 4) is 5.75 Å². The number of ether oxygens (including phenoxy) is 3. The normalized spacial score (nSPS) is 20.0. The third-order valence-electron chi connectivity index (χ3n) is 4.43. The lowest BCUT2D eigenvalue weighted by Gasteiger charge is -2.26. The predicted molar refractivity (Wildman–Crippen MR) is 105 cm³/mol. The lowest BCUT2D eigenvalue weighted by atomic mass is 9.96. The number of hydrogen-bond donors (Lipinski definition) is 1. The molecule has 2 atom stereocenters. The topological polar surface area (TPSA) is 56.8 Å². The number of benzene rings is 2. The molecule has 0 aromatic heterocycles. The molecule has 0 unspecified atom stereocenters. The molecule has 0 radical (unpaired) electrons. The molecule has 0 spiro atoms. The molecule has 0 saturated carbocycles. The number of rotatable bonds is 5. The number of methoxy groups -OCH3 is 1. The standard InChI is InChI=1S/C20H21Cl2NO4/c1-25-20(24)15-4-2-3-5-18(15)27-12-14-11-23-8-9-26-19(14)13-6-7-16(21)17(22)10-13/h2-7,10,14,19,23H,8-9,11-12H2,1H3/t14-,19-/m0/s1. The van der Waals surface area contributed by atoms with Crippen LogP contribution in [0, 0.1) is 5.92 Å². The third kappa shape index (κ3) is 4.93. The smallest absolute Gasteiger partial charge is 0.341 e. The lowest BCUT2D eigenvalue weighted by Crippen LogP contribution is -2.29. The van der Waals surface area contributed by atoms with Gasteiger partial charge in [0.25, 0.3) is 0 Å². The van der Waals surface area contributed by atoms with E-state index in [4.69, 9.17) is 37.4 Å². The minimum atomic E-state index is -0.429. The number of carbonyl (C=O) groups excluding carboxylic acids is 1. The van der Waals surface area contributed by atoms with Gasteiger partial charge in [-0.1, -0.05) is 41.4 Å². The van der Waals surface area contributed by atoms with E-state index in [9.17, 15) is 4.79 Å². The van der Waals surface area contributed by atoms with E-state index in [-0.39, 0.29) is 12.0 Å². The maximum absolute atomic E-state index is 11.9. The molecule has 1 heterocycles. The van der Waals surface area contributed by atoms with Crippen molar-refractivity contribution in [2.45, 2.75) is 6.10 Å². The number of nitrogens with one attached hydrogen (secondary N) is 1. The molecule has 1 N–H and O–H groups in total. The van der Waals surface area contributed by atoms with Crippen molar-refractivity contribution in [3.63, 3.8) is 0 Å². The highest BCUT2D eigenvalue weighted by molar-refractivity contribution is 6.42. The average molecular weight is 410 g/mol. The van der Waals surface area contributed by atoms with Gasteiger partial charge in [-0.2, -0.15) is 0 Å². The maximum Gasteiger partial charge on any atom is 0.341 e. The molecule has 144 valence electrons. The zero-order valence-electron chi connectivity index (χ0n) is 14.9. The Kier molecular flexibility index (Phi) is 6.96. The summed E-state index contributed by atoms with van der Waals surface area (Å²) in [7, 11) is 1.35. The summed E-state index contributed by atoms with van der Waals surface area (Å²) in [6.07, 6.45) is -0.194. The number of hydrogen-bond acceptors (Lipinski definition) is 5. The second-order valence-corrected chi connectivity index (χ2v) is 7.04. The van der Waals surface area contributed by atoms with E-state index in [1.165, 1.54) is 7.11 Å². The molecular weight excluding hydrogens is 389 g/mol. The van der Waals surface area contributed by atoms with Crippen LogP contribution in [0.2, 0.25) is 10.0 Å². The van der Waals surface area contributed by atoms with Crippen molar-refractivity contribution < 1.29 is 19.0 Å². The molecule has 0 amide bonds. The van der Waals surface area contributed by atoms with Crippen LogP contribution in [0.25, 0.3) is 0 Å². The van der Waals surface area contributed by atoms with E-state index in [1.807, 2.05) is 18.2 Å². The Morgan fingerprint density at radius 2 is 2.04 bits per heavy atom. The Morgan fingerprint density at radius 1 is 1.22 bits per heavy atom. The largest absolute Gasteiger partial charge is 0.492 e. The fourth-order valence-electron chi connectivity index (χ4n) is 3.06. The summed E-state index contributed by atoms with van der Waals surface area (Å²) in [4.78, 5) is 11.9. The quantitative estimate of drug-likeness (QED) is 0.752. The van der Waals surface area contributed by atoms with Crippen molar-refractivity contribution in [3.05, 3.63) is 63.6 Å². The van der Waals surface area contributed by atoms with Crippen LogP contribution in [0.4, 0.5) is 0 Å². The summed E-state index contributed by atoms with van der Waals surface area (Å²) < 4.78 is 16.8. The van der Waals surface area contributed by atoms with E-state index < -0.39 is 5.97 Å². The van der Waals surface area contributed by atoms with E-state index in [0.717, 1.165) is 12.1 Å². The van der Waals surface area contributed by atoms with Crippen LogP contribution in [-0.2, 0) is 9.47 Å². The van der Waals surface area contributed by atoms with Gasteiger partial charge in [-0.3, -0.25) is 0 Å². The predicted octanol–water partition coefficient (Wildman–Crippen LogP) is 4.14. The SMILES string of the molecule is COC(=O)c1ccccc1OC[C@@H]1CNCCO[C@H]1c1ccc(Cl)c(Cl)c1. The maximum atomic E-state index is 11.9. The molecular formula is C20H21Cl2NO4. The summed E-state index contributed by atoms with van der Waals surface area (Å²) in [5, 5.41) is 4.35. The second-order valence-electron chi connectivity index (χ2n) is 6.23. The second kappa shape index (κ2) is 9.42. The zero-order valence-corrected chi connectivity index (χ0v) is 16.4. The number of esters is 1. The molecule has 5 nitrogen and oxygen atoms in total. The van der Waals surface area contributed by atoms with E-state index >= 15 is 0 Å². The highest BCUT2D eigenvalue weighted by Gasteiger charge is 2.28. The molecule has 27 heavy (non-hydrogen) atoms. The van der Waals surface area contributed by atoms with Gasteiger partial charge >= 0.3 is 5.97 Å². The molecule has 1 aliphatic rings. The minimum absolute atomic E-state index is 0.0236. The highest BCUT2D eigenvalue weighted by atomic mass is 35.5. The van der Waals surface area contributed by atoms with Crippen LogP contribution in [0.15, 0.2) is 42.5 Å². The van der Waals surface area contributed by atoms with Gasteiger partial charge in [0.05, 0.1) is 36.5 Å². The number of para-hydroxylation sites is 1. The van der Waals surface area contributed by atoms with E-state index in [2.05, 4.69) is 5.32 Å². The Balaban J connectivity index is 1.79. The van der Waals surface area contributed by atoms with Crippen LogP contribution in [-0.4, -0.2) is 39.4 Å². The fraction of sp³-hybridized carbons (Fsp3) is 0.350. The number of halogens is 2. The van der Waals surface area contributed by atoms with Crippen molar-refractivity contribution in [1.29, 1.82) is 0 Å². The van der Waals surface area contributed by atoms with Gasteiger partial charge in [-0.15, -0.1) is 0 Å². The van der Waals surface area contributed by atoms with Crippen molar-refractivity contribution in [1.82, 2.24) is 5.32 Å². The summed E-state index contributed by atoms with van der Waals surface area (Å²) >= 11 is 12.2. The Hall–Kier alpha value is -1.79. The van der Waals surface area contributed by atoms with Gasteiger partial charge in [-0.05, 0) is 29.8 Å². The van der Waals surface area contributed by atoms with E-state index in [0.29, 0.717) is 41.1 Å². The van der Waals surface area contributed by atoms with Crippen LogP contribution in [0.3, 0.4) is 0 Å². The minimum Gasteiger partial charge on any atom is -0.492 e.